The van der Waals surface area contributed by atoms with Crippen LogP contribution in [0, 0.1) is 13.8 Å². The lowest BCUT2D eigenvalue weighted by Crippen LogP contribution is -2.17. The van der Waals surface area contributed by atoms with Gasteiger partial charge in [-0.2, -0.15) is 0 Å². The summed E-state index contributed by atoms with van der Waals surface area (Å²) in [5.41, 5.74) is 2.39. The van der Waals surface area contributed by atoms with Crippen molar-refractivity contribution in [3.05, 3.63) is 64.7 Å². The van der Waals surface area contributed by atoms with Gasteiger partial charge in [-0.15, -0.1) is 0 Å². The van der Waals surface area contributed by atoms with E-state index in [0.717, 1.165) is 24.4 Å². The van der Waals surface area contributed by atoms with Crippen LogP contribution < -0.4 is 10.1 Å². The van der Waals surface area contributed by atoms with Gasteiger partial charge in [0.15, 0.2) is 4.91 Å². The fourth-order valence-electron chi connectivity index (χ4n) is 2.32. The highest BCUT2D eigenvalue weighted by Gasteiger charge is 2.28. The van der Waals surface area contributed by atoms with Gasteiger partial charge in [0.2, 0.25) is 9.84 Å². The van der Waals surface area contributed by atoms with Crippen molar-refractivity contribution in [2.24, 2.45) is 0 Å². The molecule has 0 saturated carbocycles. The maximum atomic E-state index is 12.9. The van der Waals surface area contributed by atoms with Gasteiger partial charge in [-0.05, 0) is 68.3 Å². The van der Waals surface area contributed by atoms with E-state index in [2.05, 4.69) is 10.1 Å². The molecule has 0 fully saturated rings. The van der Waals surface area contributed by atoms with Crippen molar-refractivity contribution in [1.82, 2.24) is 0 Å². The van der Waals surface area contributed by atoms with Gasteiger partial charge in [0.25, 0.3) is 0 Å². The summed E-state index contributed by atoms with van der Waals surface area (Å²) < 4.78 is 35.9. The van der Waals surface area contributed by atoms with E-state index >= 15 is 0 Å². The first-order valence-corrected chi connectivity index (χ1v) is 9.88. The third-order valence-corrected chi connectivity index (χ3v) is 5.74. The highest BCUT2D eigenvalue weighted by atomic mass is 32.2. The summed E-state index contributed by atoms with van der Waals surface area (Å²) in [4.78, 5) is 11.7. The van der Waals surface area contributed by atoms with Gasteiger partial charge in [0.1, 0.15) is 5.75 Å². The zero-order valence-corrected chi connectivity index (χ0v) is 16.6. The fraction of sp³-hybridized carbons (Fsp3) is 0.250. The Hall–Kier alpha value is -2.80. The van der Waals surface area contributed by atoms with E-state index in [0.29, 0.717) is 18.0 Å². The molecule has 0 unspecified atom stereocenters. The molecule has 1 N–H and O–H groups in total. The summed E-state index contributed by atoms with van der Waals surface area (Å²) >= 11 is 0. The molecule has 0 amide bonds. The van der Waals surface area contributed by atoms with Crippen LogP contribution >= 0.6 is 0 Å². The standard InChI is InChI=1S/C20H23NO5S/c1-5-26-17-9-7-16(8-10-17)21-13-19(20(22)25-4)27(23,24)18-11-6-14(2)15(3)12-18/h6-13,21H,5H2,1-4H3. The van der Waals surface area contributed by atoms with E-state index in [4.69, 9.17) is 4.74 Å². The number of ether oxygens (including phenoxy) is 2. The van der Waals surface area contributed by atoms with E-state index in [1.54, 1.807) is 36.4 Å². The van der Waals surface area contributed by atoms with Crippen molar-refractivity contribution in [3.8, 4) is 5.75 Å². The van der Waals surface area contributed by atoms with Crippen molar-refractivity contribution in [2.45, 2.75) is 25.7 Å². The predicted octanol–water partition coefficient (Wildman–Crippen LogP) is 3.60. The lowest BCUT2D eigenvalue weighted by molar-refractivity contribution is -0.135. The zero-order chi connectivity index (χ0) is 20.0. The number of rotatable bonds is 7. The molecule has 0 aromatic heterocycles. The third-order valence-electron chi connectivity index (χ3n) is 4.00. The van der Waals surface area contributed by atoms with E-state index in [-0.39, 0.29) is 4.90 Å². The van der Waals surface area contributed by atoms with Gasteiger partial charge in [0.05, 0.1) is 18.6 Å². The Bertz CT molecular complexity index is 947. The quantitative estimate of drug-likeness (QED) is 0.576. The highest BCUT2D eigenvalue weighted by molar-refractivity contribution is 7.96. The summed E-state index contributed by atoms with van der Waals surface area (Å²) in [6.07, 6.45) is 1.14. The Morgan fingerprint density at radius 3 is 2.30 bits per heavy atom. The molecule has 0 aliphatic rings. The molecule has 0 aliphatic heterocycles. The predicted molar refractivity (Wildman–Crippen MR) is 104 cm³/mol. The number of esters is 1. The summed E-state index contributed by atoms with van der Waals surface area (Å²) in [5, 5.41) is 2.83. The van der Waals surface area contributed by atoms with Crippen LogP contribution in [-0.2, 0) is 19.4 Å². The first-order chi connectivity index (χ1) is 12.8. The van der Waals surface area contributed by atoms with Crippen molar-refractivity contribution >= 4 is 21.5 Å². The van der Waals surface area contributed by atoms with Gasteiger partial charge in [-0.25, -0.2) is 13.2 Å². The van der Waals surface area contributed by atoms with Crippen LogP contribution in [0.4, 0.5) is 5.69 Å². The number of hydrogen-bond donors (Lipinski definition) is 1. The van der Waals surface area contributed by atoms with Gasteiger partial charge < -0.3 is 14.8 Å². The number of benzene rings is 2. The Kier molecular flexibility index (Phi) is 6.63. The zero-order valence-electron chi connectivity index (χ0n) is 15.8. The smallest absolute Gasteiger partial charge is 0.351 e. The number of anilines is 1. The minimum atomic E-state index is -4.04. The van der Waals surface area contributed by atoms with Gasteiger partial charge >= 0.3 is 5.97 Å². The molecule has 0 spiro atoms. The Balaban J connectivity index is 2.37. The average molecular weight is 389 g/mol. The van der Waals surface area contributed by atoms with E-state index in [9.17, 15) is 13.2 Å². The Morgan fingerprint density at radius 1 is 1.07 bits per heavy atom. The summed E-state index contributed by atoms with van der Waals surface area (Å²) in [5.74, 6) is -0.241. The molecule has 2 aromatic carbocycles. The van der Waals surface area contributed by atoms with Crippen LogP contribution in [-0.4, -0.2) is 28.1 Å². The van der Waals surface area contributed by atoms with Crippen LogP contribution in [0.1, 0.15) is 18.1 Å². The fourth-order valence-corrected chi connectivity index (χ4v) is 3.67. The minimum Gasteiger partial charge on any atom is -0.494 e. The molecule has 27 heavy (non-hydrogen) atoms. The second-order valence-electron chi connectivity index (χ2n) is 5.85. The van der Waals surface area contributed by atoms with Crippen LogP contribution in [0.25, 0.3) is 0 Å². The highest BCUT2D eigenvalue weighted by Crippen LogP contribution is 2.23. The number of carbonyl (C=O) groups is 1. The maximum Gasteiger partial charge on any atom is 0.351 e. The number of aryl methyl sites for hydroxylation is 2. The van der Waals surface area contributed by atoms with Crippen molar-refractivity contribution < 1.29 is 22.7 Å². The van der Waals surface area contributed by atoms with Crippen LogP contribution in [0.2, 0.25) is 0 Å². The average Bonchev–Trinajstić information content (AvgIpc) is 2.65. The molecule has 0 radical (unpaired) electrons. The molecular formula is C20H23NO5S. The molecule has 144 valence electrons. The van der Waals surface area contributed by atoms with Crippen LogP contribution in [0.5, 0.6) is 5.75 Å². The molecule has 7 heteroatoms. The van der Waals surface area contributed by atoms with Crippen molar-refractivity contribution in [2.75, 3.05) is 19.0 Å². The molecular weight excluding hydrogens is 366 g/mol. The van der Waals surface area contributed by atoms with Gasteiger partial charge in [-0.1, -0.05) is 6.07 Å². The molecule has 0 bridgehead atoms. The van der Waals surface area contributed by atoms with E-state index in [1.807, 2.05) is 20.8 Å². The molecule has 6 nitrogen and oxygen atoms in total. The second kappa shape index (κ2) is 8.73. The molecule has 0 atom stereocenters. The Morgan fingerprint density at radius 2 is 1.74 bits per heavy atom. The maximum absolute atomic E-state index is 12.9. The summed E-state index contributed by atoms with van der Waals surface area (Å²) in [6, 6.07) is 11.7. The lowest BCUT2D eigenvalue weighted by Gasteiger charge is -2.10. The second-order valence-corrected chi connectivity index (χ2v) is 7.77. The number of carbonyl (C=O) groups excluding carboxylic acids is 1. The first kappa shape index (κ1) is 20.5. The first-order valence-electron chi connectivity index (χ1n) is 8.39. The topological polar surface area (TPSA) is 81.7 Å². The molecule has 2 aromatic rings. The van der Waals surface area contributed by atoms with Crippen molar-refractivity contribution in [1.29, 1.82) is 0 Å². The van der Waals surface area contributed by atoms with Crippen LogP contribution in [0.15, 0.2) is 58.5 Å². The SMILES string of the molecule is CCOc1ccc(NC=C(C(=O)OC)S(=O)(=O)c2ccc(C)c(C)c2)cc1. The number of sulfone groups is 1. The molecule has 0 heterocycles. The number of methoxy groups -OCH3 is 1. The summed E-state index contributed by atoms with van der Waals surface area (Å²) in [6.45, 7) is 6.13. The third kappa shape index (κ3) is 4.89. The van der Waals surface area contributed by atoms with E-state index < -0.39 is 20.7 Å². The van der Waals surface area contributed by atoms with Crippen LogP contribution in [0.3, 0.4) is 0 Å². The summed E-state index contributed by atoms with van der Waals surface area (Å²) in [7, 11) is -2.90. The Labute approximate surface area is 159 Å². The number of nitrogens with one attached hydrogen (secondary N) is 1. The van der Waals surface area contributed by atoms with Crippen molar-refractivity contribution in [3.63, 3.8) is 0 Å². The van der Waals surface area contributed by atoms with Gasteiger partial charge in [-0.3, -0.25) is 0 Å². The monoisotopic (exact) mass is 389 g/mol. The lowest BCUT2D eigenvalue weighted by atomic mass is 10.1. The molecule has 0 saturated heterocycles. The van der Waals surface area contributed by atoms with E-state index in [1.165, 1.54) is 6.07 Å². The van der Waals surface area contributed by atoms with Gasteiger partial charge in [0, 0.05) is 11.9 Å². The molecule has 2 rings (SSSR count). The number of hydrogen-bond acceptors (Lipinski definition) is 6. The normalized spacial score (nSPS) is 11.8. The largest absolute Gasteiger partial charge is 0.494 e. The minimum absolute atomic E-state index is 0.0377. The molecule has 0 aliphatic carbocycles.